The third kappa shape index (κ3) is 1.14. The van der Waals surface area contributed by atoms with E-state index in [-0.39, 0.29) is 0 Å². The average Bonchev–Trinajstić information content (AvgIpc) is 2.57. The monoisotopic (exact) mass is 266 g/mol. The summed E-state index contributed by atoms with van der Waals surface area (Å²) in [5.74, 6) is 10.4. The minimum absolute atomic E-state index is 0.948. The lowest BCUT2D eigenvalue weighted by atomic mass is 9.38. The molecule has 9 rings (SSSR count). The first kappa shape index (κ1) is 11.1. The maximum atomic E-state index is 2.71. The van der Waals surface area contributed by atoms with Crippen molar-refractivity contribution in [2.45, 2.75) is 38.5 Å². The summed E-state index contributed by atoms with van der Waals surface area (Å²) in [6, 6.07) is 0. The zero-order valence-corrected chi connectivity index (χ0v) is 12.3. The summed E-state index contributed by atoms with van der Waals surface area (Å²) in [5, 5.41) is 0. The van der Waals surface area contributed by atoms with Gasteiger partial charge >= 0.3 is 0 Å². The van der Waals surface area contributed by atoms with Gasteiger partial charge in [-0.05, 0) is 97.7 Å². The van der Waals surface area contributed by atoms with Gasteiger partial charge < -0.3 is 0 Å². The highest BCUT2D eigenvalue weighted by atomic mass is 14.7. The molecule has 20 heavy (non-hydrogen) atoms. The third-order valence-corrected chi connectivity index (χ3v) is 8.55. The van der Waals surface area contributed by atoms with Crippen molar-refractivity contribution >= 4 is 0 Å². The lowest BCUT2D eigenvalue weighted by Gasteiger charge is -2.66. The summed E-state index contributed by atoms with van der Waals surface area (Å²) in [5.41, 5.74) is 0. The molecule has 0 heteroatoms. The molecular formula is C20H26. The minimum atomic E-state index is 0.948. The minimum Gasteiger partial charge on any atom is -0.0848 e. The van der Waals surface area contributed by atoms with E-state index in [0.717, 1.165) is 59.2 Å². The Morgan fingerprint density at radius 2 is 0.900 bits per heavy atom. The highest BCUT2D eigenvalue weighted by Crippen LogP contribution is 2.68. The smallest absolute Gasteiger partial charge is 0.0162 e. The van der Waals surface area contributed by atoms with E-state index in [1.54, 1.807) is 25.7 Å². The number of allylic oxidation sites excluding steroid dienone is 4. The van der Waals surface area contributed by atoms with E-state index >= 15 is 0 Å². The van der Waals surface area contributed by atoms with E-state index in [9.17, 15) is 0 Å². The maximum Gasteiger partial charge on any atom is -0.0162 e. The molecule has 5 saturated carbocycles. The topological polar surface area (TPSA) is 0 Å². The second-order valence-electron chi connectivity index (χ2n) is 8.81. The summed E-state index contributed by atoms with van der Waals surface area (Å²) < 4.78 is 0. The van der Waals surface area contributed by atoms with E-state index in [0.29, 0.717) is 0 Å². The highest BCUT2D eigenvalue weighted by molar-refractivity contribution is 5.25. The first-order chi connectivity index (χ1) is 9.92. The van der Waals surface area contributed by atoms with Crippen molar-refractivity contribution in [2.75, 3.05) is 0 Å². The first-order valence-corrected chi connectivity index (χ1v) is 9.28. The quantitative estimate of drug-likeness (QED) is 0.558. The van der Waals surface area contributed by atoms with Gasteiger partial charge in [-0.1, -0.05) is 24.3 Å². The highest BCUT2D eigenvalue weighted by Gasteiger charge is 2.62. The molecule has 0 amide bonds. The van der Waals surface area contributed by atoms with Crippen molar-refractivity contribution in [2.24, 2.45) is 59.2 Å². The molecule has 0 N–H and O–H groups in total. The standard InChI is InChI=1S/C20H26/c1-2-12-4-3-11(1)17-15-9-10-16(18(12)17)20-14-7-5-13(6-8-14)19(15)20/h1-2,9-20H,3-8H2/t11-,12+,13?,14?,15-,16+,17+,18-,19-,20+. The molecule has 106 valence electrons. The summed E-state index contributed by atoms with van der Waals surface area (Å²) in [6.07, 6.45) is 20.0. The fraction of sp³-hybridized carbons (Fsp3) is 0.800. The second-order valence-corrected chi connectivity index (χ2v) is 8.81. The van der Waals surface area contributed by atoms with Crippen LogP contribution in [-0.4, -0.2) is 0 Å². The Morgan fingerprint density at radius 1 is 0.450 bits per heavy atom. The van der Waals surface area contributed by atoms with Crippen LogP contribution in [0.2, 0.25) is 0 Å². The zero-order chi connectivity index (χ0) is 12.8. The van der Waals surface area contributed by atoms with Crippen molar-refractivity contribution in [3.8, 4) is 0 Å². The van der Waals surface area contributed by atoms with Crippen molar-refractivity contribution in [1.29, 1.82) is 0 Å². The number of fused-ring (bicyclic) bond motifs is 3. The SMILES string of the molecule is C1=C[C@H]2[C@H]3C4CCC(CC4)[C@H]3[C@@H]1[C@@H]1[C@H]2[C@@H]2C=C[C@H]1CC2. The van der Waals surface area contributed by atoms with Crippen LogP contribution in [-0.2, 0) is 0 Å². The molecule has 0 spiro atoms. The van der Waals surface area contributed by atoms with Gasteiger partial charge in [-0.3, -0.25) is 0 Å². The van der Waals surface area contributed by atoms with E-state index < -0.39 is 0 Å². The van der Waals surface area contributed by atoms with Gasteiger partial charge in [-0.15, -0.1) is 0 Å². The van der Waals surface area contributed by atoms with Crippen molar-refractivity contribution < 1.29 is 0 Å². The van der Waals surface area contributed by atoms with Gasteiger partial charge in [0.15, 0.2) is 0 Å². The van der Waals surface area contributed by atoms with Gasteiger partial charge in [-0.2, -0.15) is 0 Å². The third-order valence-electron chi connectivity index (χ3n) is 8.55. The fourth-order valence-corrected chi connectivity index (χ4v) is 8.13. The van der Waals surface area contributed by atoms with Crippen molar-refractivity contribution in [3.05, 3.63) is 24.3 Å². The van der Waals surface area contributed by atoms with Crippen molar-refractivity contribution in [1.82, 2.24) is 0 Å². The molecule has 0 unspecified atom stereocenters. The van der Waals surface area contributed by atoms with Crippen LogP contribution >= 0.6 is 0 Å². The lowest BCUT2D eigenvalue weighted by Crippen LogP contribution is -2.61. The summed E-state index contributed by atoms with van der Waals surface area (Å²) in [7, 11) is 0. The molecule has 9 aliphatic rings. The first-order valence-electron chi connectivity index (χ1n) is 9.28. The molecule has 0 aliphatic heterocycles. The number of rotatable bonds is 0. The van der Waals surface area contributed by atoms with E-state index in [1.165, 1.54) is 12.8 Å². The Balaban J connectivity index is 1.50. The van der Waals surface area contributed by atoms with Gasteiger partial charge in [0.05, 0.1) is 0 Å². The molecule has 0 aromatic carbocycles. The zero-order valence-electron chi connectivity index (χ0n) is 12.3. The molecular weight excluding hydrogens is 240 g/mol. The molecule has 8 atom stereocenters. The van der Waals surface area contributed by atoms with Crippen LogP contribution in [0.4, 0.5) is 0 Å². The van der Waals surface area contributed by atoms with Gasteiger partial charge in [0.2, 0.25) is 0 Å². The summed E-state index contributed by atoms with van der Waals surface area (Å²) in [6.45, 7) is 0. The van der Waals surface area contributed by atoms with E-state index in [2.05, 4.69) is 24.3 Å². The van der Waals surface area contributed by atoms with Gasteiger partial charge in [0.25, 0.3) is 0 Å². The van der Waals surface area contributed by atoms with Crippen LogP contribution in [0.3, 0.4) is 0 Å². The Kier molecular flexibility index (Phi) is 2.01. The van der Waals surface area contributed by atoms with Crippen LogP contribution < -0.4 is 0 Å². The van der Waals surface area contributed by atoms with Crippen LogP contribution in [0.15, 0.2) is 24.3 Å². The van der Waals surface area contributed by atoms with Gasteiger partial charge in [0.1, 0.15) is 0 Å². The number of hydrogen-bond donors (Lipinski definition) is 0. The van der Waals surface area contributed by atoms with Crippen molar-refractivity contribution in [3.63, 3.8) is 0 Å². The Labute approximate surface area is 122 Å². The molecule has 9 aliphatic carbocycles. The van der Waals surface area contributed by atoms with E-state index in [1.807, 2.05) is 0 Å². The second kappa shape index (κ2) is 3.62. The molecule has 0 heterocycles. The maximum absolute atomic E-state index is 2.71. The molecule has 0 nitrogen and oxygen atoms in total. The van der Waals surface area contributed by atoms with Crippen LogP contribution in [0.25, 0.3) is 0 Å². The van der Waals surface area contributed by atoms with Crippen LogP contribution in [0, 0.1) is 59.2 Å². The normalized spacial score (nSPS) is 64.4. The molecule has 0 aromatic rings. The Bertz CT molecular complexity index is 448. The predicted octanol–water partition coefficient (Wildman–Crippen LogP) is 4.68. The van der Waals surface area contributed by atoms with Crippen LogP contribution in [0.1, 0.15) is 38.5 Å². The lowest BCUT2D eigenvalue weighted by molar-refractivity contribution is -0.140. The van der Waals surface area contributed by atoms with Gasteiger partial charge in [-0.25, -0.2) is 0 Å². The Morgan fingerprint density at radius 3 is 1.30 bits per heavy atom. The summed E-state index contributed by atoms with van der Waals surface area (Å²) >= 11 is 0. The predicted molar refractivity (Wildman–Crippen MR) is 80.9 cm³/mol. The molecule has 6 bridgehead atoms. The molecule has 0 saturated heterocycles. The molecule has 5 fully saturated rings. The Hall–Kier alpha value is -0.520. The largest absolute Gasteiger partial charge is 0.0848 e. The fourth-order valence-electron chi connectivity index (χ4n) is 8.13. The van der Waals surface area contributed by atoms with Crippen LogP contribution in [0.5, 0.6) is 0 Å². The molecule has 0 aromatic heterocycles. The average molecular weight is 266 g/mol. The molecule has 0 radical (unpaired) electrons. The summed E-state index contributed by atoms with van der Waals surface area (Å²) in [4.78, 5) is 0. The van der Waals surface area contributed by atoms with Gasteiger partial charge in [0, 0.05) is 0 Å². The van der Waals surface area contributed by atoms with E-state index in [4.69, 9.17) is 0 Å². The number of hydrogen-bond acceptors (Lipinski definition) is 0.